The van der Waals surface area contributed by atoms with Crippen LogP contribution in [-0.4, -0.2) is 399 Å². The van der Waals surface area contributed by atoms with Crippen LogP contribution in [0, 0.1) is 12.7 Å². The Bertz CT molecular complexity index is 2930. The Kier molecular flexibility index (Phi) is 31.5. The highest BCUT2D eigenvalue weighted by Crippen LogP contribution is 2.50. The maximum Gasteiger partial charge on any atom is 0.162 e. The molecule has 355 valence electrons. The van der Waals surface area contributed by atoms with Gasteiger partial charge in [-0.15, -0.1) is 0 Å². The minimum atomic E-state index is -1.40. The largest absolute Gasteiger partial charge is 0.493 e. The number of benzene rings is 4. The SMILES string of the molecule is COc1cc2c(cc1OCc1ccccc1)C1Cc3c([nH]c4cc(C)ccc34)C(c3ccc(F)cc3)N1CC2.[B][B]B(B([B])[B])B(B(B([B])[B])B([B])[B])B(B(B([B])[B])B([B])[B])B(B(B(B([B])[B])B([B])[B])B(B([B])[B])B([B])[B])B(B(B([B])[B])B([B])[B])B(B([B])[B])B([B])[B]. The zero-order valence-corrected chi connectivity index (χ0v) is 52.8. The predicted octanol–water partition coefficient (Wildman–Crippen LogP) is -12.7. The Morgan fingerprint density at radius 3 is 1.34 bits per heavy atom. The molecule has 0 saturated heterocycles. The van der Waals surface area contributed by atoms with Gasteiger partial charge in [0.2, 0.25) is 0 Å². The number of nitrogens with one attached hydrogen (secondary N) is 1. The van der Waals surface area contributed by atoms with E-state index in [4.69, 9.17) is 218 Å². The van der Waals surface area contributed by atoms with Gasteiger partial charge in [-0.2, -0.15) is 0 Å². The van der Waals surface area contributed by atoms with E-state index >= 15 is 0 Å². The van der Waals surface area contributed by atoms with Gasteiger partial charge in [-0.1, -0.05) is 54.6 Å². The normalized spacial score (nSPS) is 13.3. The van der Waals surface area contributed by atoms with E-state index in [0.29, 0.717) is 6.61 Å². The van der Waals surface area contributed by atoms with E-state index in [2.05, 4.69) is 59.3 Å². The molecule has 5 aromatic rings. The molecule has 58 heteroatoms. The van der Waals surface area contributed by atoms with Crippen LogP contribution in [0.5, 0.6) is 11.5 Å². The van der Waals surface area contributed by atoms with Crippen molar-refractivity contribution in [3.63, 3.8) is 0 Å². The predicted molar refractivity (Wildman–Crippen MR) is 457 cm³/mol. The summed E-state index contributed by atoms with van der Waals surface area (Å²) in [5.41, 5.74) is 9.76. The molecular formula is C34H31B53FN2O2. The van der Waals surface area contributed by atoms with Gasteiger partial charge < -0.3 is 14.5 Å². The zero-order valence-electron chi connectivity index (χ0n) is 52.8. The Hall–Kier alpha value is -0.648. The number of aromatic nitrogens is 1. The number of ether oxygens (including phenoxy) is 2. The van der Waals surface area contributed by atoms with Crippen molar-refractivity contribution >= 4 is 386 Å². The molecule has 3 heterocycles. The summed E-state index contributed by atoms with van der Waals surface area (Å²) in [6, 6.07) is 28.4. The van der Waals surface area contributed by atoms with Crippen LogP contribution in [0.2, 0.25) is 0 Å². The zero-order chi connectivity index (χ0) is 68.7. The minimum Gasteiger partial charge on any atom is -0.493 e. The number of hydrogen-bond donors (Lipinski definition) is 1. The lowest BCUT2D eigenvalue weighted by Gasteiger charge is -2.57. The van der Waals surface area contributed by atoms with Gasteiger partial charge in [-0.3, -0.25) is 4.90 Å². The Morgan fingerprint density at radius 1 is 0.500 bits per heavy atom. The Balaban J connectivity index is 0.000000302. The second kappa shape index (κ2) is 36.1. The molecule has 7 rings (SSSR count). The average molecular weight is 1090 g/mol. The molecule has 2 atom stereocenters. The maximum atomic E-state index is 14.0. The fourth-order valence-corrected chi connectivity index (χ4v) is 15.5. The van der Waals surface area contributed by atoms with Crippen LogP contribution in [0.15, 0.2) is 84.9 Å². The van der Waals surface area contributed by atoms with E-state index in [0.717, 1.165) is 47.5 Å². The maximum absolute atomic E-state index is 14.0. The van der Waals surface area contributed by atoms with Gasteiger partial charge in [0.05, 0.1) is 13.2 Å². The van der Waals surface area contributed by atoms with E-state index in [9.17, 15) is 4.39 Å². The molecule has 2 aliphatic rings. The van der Waals surface area contributed by atoms with Crippen molar-refractivity contribution in [2.45, 2.75) is 38.5 Å². The van der Waals surface area contributed by atoms with Crippen LogP contribution in [0.4, 0.5) is 4.39 Å². The van der Waals surface area contributed by atoms with E-state index < -0.39 is 160 Å². The van der Waals surface area contributed by atoms with Gasteiger partial charge in [0, 0.05) is 405 Å². The second-order valence-electron chi connectivity index (χ2n) is 25.3. The standard InChI is InChI=1S/C34H31FN2O2.B53/c1-21-8-13-26-28-18-30-27-19-32(39-20-22-6-4-3-5-7-22)31(38-2)17-24(27)14-15-37(30)34(33(28)36-29(26)16-21)23-9-11-25(35)12-10-23;1-28-42(29(2)3)49(43(30(4)5)31(6)7)52(48(40(24)25)41(26)27)53(50(44(32(8)9)33(10)11)45(34(12)13)35(14)15)51(46(36(16)17)37(18)19)47(38(20)21)39(22)23/h3-13,16-17,19,30,34,36H,14-15,18,20H2,1-2H3;. The van der Waals surface area contributed by atoms with Gasteiger partial charge >= 0.3 is 0 Å². The number of rotatable bonds is 30. The number of fused-ring (bicyclic) bond motifs is 6. The van der Waals surface area contributed by atoms with Crippen LogP contribution >= 0.6 is 0 Å². The van der Waals surface area contributed by atoms with Crippen molar-refractivity contribution in [3.8, 4) is 11.5 Å². The number of aromatic amines is 1. The third kappa shape index (κ3) is 18.9. The molecule has 0 saturated carbocycles. The summed E-state index contributed by atoms with van der Waals surface area (Å²) in [7, 11) is 178. The van der Waals surface area contributed by atoms with Gasteiger partial charge in [0.1, 0.15) is 12.4 Å². The van der Waals surface area contributed by atoms with Crippen LogP contribution in [0.1, 0.15) is 51.2 Å². The van der Waals surface area contributed by atoms with E-state index in [-0.39, 0.29) is 17.9 Å². The highest BCUT2D eigenvalue weighted by atomic mass is 19.1. The smallest absolute Gasteiger partial charge is 0.162 e. The van der Waals surface area contributed by atoms with E-state index in [1.54, 1.807) is 19.2 Å². The lowest BCUT2D eigenvalue weighted by Crippen LogP contribution is -2.95. The van der Waals surface area contributed by atoms with Crippen LogP contribution in [0.3, 0.4) is 0 Å². The third-order valence-corrected chi connectivity index (χ3v) is 19.2. The first-order valence-electron chi connectivity index (χ1n) is 30.9. The molecule has 1 aromatic heterocycles. The molecule has 92 heavy (non-hydrogen) atoms. The number of hydrogen-bond acceptors (Lipinski definition) is 3. The van der Waals surface area contributed by atoms with Crippen molar-refractivity contribution < 1.29 is 13.9 Å². The number of H-pyrrole nitrogens is 1. The Labute approximate surface area is 598 Å². The summed E-state index contributed by atoms with van der Waals surface area (Å²) in [4.78, 5) is 6.34. The monoisotopic (exact) mass is 1100 g/mol. The fraction of sp³-hybridized carbons (Fsp3) is 0.235. The molecule has 0 amide bonds. The summed E-state index contributed by atoms with van der Waals surface area (Å²) in [5, 5.41) is 1.27. The van der Waals surface area contributed by atoms with Gasteiger partial charge in [0.25, 0.3) is 0 Å². The number of halogens is 1. The van der Waals surface area contributed by atoms with Crippen molar-refractivity contribution in [2.75, 3.05) is 13.7 Å². The van der Waals surface area contributed by atoms with Crippen LogP contribution < -0.4 is 9.47 Å². The fourth-order valence-electron chi connectivity index (χ4n) is 15.5. The van der Waals surface area contributed by atoms with Crippen molar-refractivity contribution in [1.29, 1.82) is 0 Å². The lowest BCUT2D eigenvalue weighted by atomic mass is 8.24. The molecule has 0 bridgehead atoms. The molecule has 2 unspecified atom stereocenters. The minimum absolute atomic E-state index is 0.0102. The summed E-state index contributed by atoms with van der Waals surface area (Å²) < 4.78 is 26.1. The van der Waals surface area contributed by atoms with Gasteiger partial charge in [-0.25, -0.2) is 4.39 Å². The van der Waals surface area contributed by atoms with Crippen LogP contribution in [0.25, 0.3) is 10.9 Å². The second-order valence-corrected chi connectivity index (χ2v) is 25.3. The average Bonchev–Trinajstić information content (AvgIpc) is 1.27. The molecule has 4 nitrogen and oxygen atoms in total. The van der Waals surface area contributed by atoms with Crippen molar-refractivity contribution in [2.24, 2.45) is 0 Å². The first-order chi connectivity index (χ1) is 43.2. The summed E-state index contributed by atoms with van der Waals surface area (Å²) in [6.45, 7) is 3.51. The number of nitrogens with zero attached hydrogens (tertiary/aromatic N) is 1. The molecule has 4 aromatic carbocycles. The van der Waals surface area contributed by atoms with Gasteiger partial charge in [0.15, 0.2) is 11.5 Å². The van der Waals surface area contributed by atoms with Crippen LogP contribution in [-0.2, 0) is 19.4 Å². The first-order valence-corrected chi connectivity index (χ1v) is 30.9. The summed E-state index contributed by atoms with van der Waals surface area (Å²) in [5.74, 6) is 1.32. The first kappa shape index (κ1) is 80.3. The molecule has 0 aliphatic carbocycles. The number of methoxy groups -OCH3 is 1. The van der Waals surface area contributed by atoms with E-state index in [1.807, 2.05) is 30.3 Å². The molecule has 2 aliphatic heterocycles. The molecular weight excluding hydrogens is 1060 g/mol. The van der Waals surface area contributed by atoms with Crippen molar-refractivity contribution in [1.82, 2.24) is 9.88 Å². The lowest BCUT2D eigenvalue weighted by molar-refractivity contribution is 0.127. The number of aryl methyl sites for hydroxylation is 1. The van der Waals surface area contributed by atoms with E-state index in [1.165, 1.54) is 40.4 Å². The highest BCUT2D eigenvalue weighted by molar-refractivity contribution is 8.36. The highest BCUT2D eigenvalue weighted by Gasteiger charge is 2.61. The summed E-state index contributed by atoms with van der Waals surface area (Å²) >= 11 is 0. The Morgan fingerprint density at radius 2 is 0.924 bits per heavy atom. The molecule has 0 fully saturated rings. The quantitative estimate of drug-likeness (QED) is 0.0466. The summed E-state index contributed by atoms with van der Waals surface area (Å²) in [6.07, 6.45) is -30.8. The molecule has 1 N–H and O–H groups in total. The molecule has 55 radical (unpaired) electrons. The molecule has 0 spiro atoms. The third-order valence-electron chi connectivity index (χ3n) is 19.2. The topological polar surface area (TPSA) is 37.5 Å². The van der Waals surface area contributed by atoms with Crippen molar-refractivity contribution in [3.05, 3.63) is 130 Å². The van der Waals surface area contributed by atoms with Gasteiger partial charge in [-0.05, 0) is 83.5 Å².